The van der Waals surface area contributed by atoms with E-state index >= 15 is 0 Å². The molecule has 0 spiro atoms. The summed E-state index contributed by atoms with van der Waals surface area (Å²) in [6, 6.07) is 3.69. The summed E-state index contributed by atoms with van der Waals surface area (Å²) in [5.41, 5.74) is 5.20. The summed E-state index contributed by atoms with van der Waals surface area (Å²) in [6.45, 7) is 4.06. The van der Waals surface area contributed by atoms with E-state index in [1.54, 1.807) is 0 Å². The van der Waals surface area contributed by atoms with Gasteiger partial charge in [-0.15, -0.1) is 0 Å². The molecule has 1 aromatic rings. The Hall–Kier alpha value is -1.14. The van der Waals surface area contributed by atoms with Gasteiger partial charge in [-0.3, -0.25) is 0 Å². The first-order valence-electron chi connectivity index (χ1n) is 6.98. The monoisotopic (exact) mass is 302 g/mol. The van der Waals surface area contributed by atoms with Crippen molar-refractivity contribution in [3.8, 4) is 0 Å². The van der Waals surface area contributed by atoms with Crippen molar-refractivity contribution in [3.63, 3.8) is 0 Å². The largest absolute Gasteiger partial charge is 0.395 e. The summed E-state index contributed by atoms with van der Waals surface area (Å²) in [7, 11) is -3.78. The van der Waals surface area contributed by atoms with E-state index in [0.717, 1.165) is 38.2 Å². The molecule has 0 bridgehead atoms. The van der Waals surface area contributed by atoms with E-state index in [4.69, 9.17) is 5.73 Å². The second-order valence-electron chi connectivity index (χ2n) is 4.90. The van der Waals surface area contributed by atoms with Gasteiger partial charge in [0.15, 0.2) is 0 Å². The van der Waals surface area contributed by atoms with Crippen LogP contribution in [0.3, 0.4) is 0 Å². The van der Waals surface area contributed by atoms with Crippen LogP contribution in [0.25, 0.3) is 0 Å². The molecule has 6 heteroatoms. The van der Waals surface area contributed by atoms with E-state index in [0.29, 0.717) is 0 Å². The topological polar surface area (TPSA) is 72.2 Å². The number of benzene rings is 1. The van der Waals surface area contributed by atoms with E-state index in [9.17, 15) is 12.8 Å². The molecule has 1 aromatic carbocycles. The highest BCUT2D eigenvalue weighted by Crippen LogP contribution is 2.22. The van der Waals surface area contributed by atoms with Gasteiger partial charge in [0.05, 0.1) is 5.69 Å². The fraction of sp³-hybridized carbons (Fsp3) is 0.571. The number of anilines is 1. The summed E-state index contributed by atoms with van der Waals surface area (Å²) < 4.78 is 40.6. The molecule has 0 aliphatic heterocycles. The summed E-state index contributed by atoms with van der Waals surface area (Å²) >= 11 is 0. The molecule has 0 amide bonds. The van der Waals surface area contributed by atoms with Gasteiger partial charge in [-0.1, -0.05) is 39.2 Å². The predicted molar refractivity (Wildman–Crippen MR) is 79.4 cm³/mol. The number of nitrogen functional groups attached to an aromatic ring is 1. The van der Waals surface area contributed by atoms with Gasteiger partial charge in [-0.25, -0.2) is 17.5 Å². The van der Waals surface area contributed by atoms with Crippen LogP contribution in [0.4, 0.5) is 10.1 Å². The molecule has 0 aromatic heterocycles. The van der Waals surface area contributed by atoms with Crippen molar-refractivity contribution in [1.82, 2.24) is 4.72 Å². The molecule has 0 heterocycles. The standard InChI is InChI=1S/C14H23FN2O2S/c1-3-5-8-11(7-4-2)17-20(18,19)13-10-6-9-12(15)14(13)16/h6,9-11,17H,3-5,7-8,16H2,1-2H3. The smallest absolute Gasteiger partial charge is 0.242 e. The molecule has 1 unspecified atom stereocenters. The Morgan fingerprint density at radius 1 is 1.25 bits per heavy atom. The molecule has 1 rings (SSSR count). The van der Waals surface area contributed by atoms with Gasteiger partial charge in [0.1, 0.15) is 10.7 Å². The van der Waals surface area contributed by atoms with Crippen LogP contribution in [0.2, 0.25) is 0 Å². The fourth-order valence-corrected chi connectivity index (χ4v) is 3.54. The van der Waals surface area contributed by atoms with Gasteiger partial charge < -0.3 is 5.73 Å². The molecule has 0 fully saturated rings. The third-order valence-corrected chi connectivity index (χ3v) is 4.75. The zero-order valence-electron chi connectivity index (χ0n) is 12.0. The summed E-state index contributed by atoms with van der Waals surface area (Å²) in [4.78, 5) is -0.185. The molecule has 20 heavy (non-hydrogen) atoms. The highest BCUT2D eigenvalue weighted by molar-refractivity contribution is 7.89. The van der Waals surface area contributed by atoms with Crippen LogP contribution in [0.15, 0.2) is 23.1 Å². The molecule has 0 aliphatic rings. The Labute approximate surface area is 120 Å². The van der Waals surface area contributed by atoms with Crippen molar-refractivity contribution in [3.05, 3.63) is 24.0 Å². The van der Waals surface area contributed by atoms with Crippen LogP contribution in [0.5, 0.6) is 0 Å². The van der Waals surface area contributed by atoms with Crippen molar-refractivity contribution >= 4 is 15.7 Å². The Balaban J connectivity index is 2.94. The van der Waals surface area contributed by atoms with Crippen molar-refractivity contribution in [2.75, 3.05) is 5.73 Å². The quantitative estimate of drug-likeness (QED) is 0.725. The number of nitrogens with two attached hydrogens (primary N) is 1. The number of hydrogen-bond donors (Lipinski definition) is 2. The van der Waals surface area contributed by atoms with Gasteiger partial charge in [-0.05, 0) is 25.0 Å². The van der Waals surface area contributed by atoms with Crippen LogP contribution < -0.4 is 10.5 Å². The normalized spacial score (nSPS) is 13.3. The number of hydrogen-bond acceptors (Lipinski definition) is 3. The van der Waals surface area contributed by atoms with E-state index in [1.165, 1.54) is 12.1 Å². The molecule has 0 radical (unpaired) electrons. The van der Waals surface area contributed by atoms with Crippen LogP contribution in [-0.4, -0.2) is 14.5 Å². The van der Waals surface area contributed by atoms with Crippen molar-refractivity contribution in [2.45, 2.75) is 56.9 Å². The SMILES string of the molecule is CCCCC(CCC)NS(=O)(=O)c1cccc(F)c1N. The van der Waals surface area contributed by atoms with Gasteiger partial charge in [-0.2, -0.15) is 0 Å². The number of para-hydroxylation sites is 1. The number of halogens is 1. The predicted octanol–water partition coefficient (Wildman–Crippen LogP) is 3.05. The number of sulfonamides is 1. The zero-order valence-corrected chi connectivity index (χ0v) is 12.8. The minimum Gasteiger partial charge on any atom is -0.395 e. The minimum atomic E-state index is -3.78. The number of unbranched alkanes of at least 4 members (excludes halogenated alkanes) is 1. The zero-order chi connectivity index (χ0) is 15.2. The lowest BCUT2D eigenvalue weighted by molar-refractivity contribution is 0.483. The first-order chi connectivity index (χ1) is 9.42. The third-order valence-electron chi connectivity index (χ3n) is 3.17. The third kappa shape index (κ3) is 4.45. The van der Waals surface area contributed by atoms with Crippen LogP contribution in [0, 0.1) is 5.82 Å². The lowest BCUT2D eigenvalue weighted by atomic mass is 10.1. The lowest BCUT2D eigenvalue weighted by Crippen LogP contribution is -2.35. The van der Waals surface area contributed by atoms with E-state index < -0.39 is 15.8 Å². The average molecular weight is 302 g/mol. The van der Waals surface area contributed by atoms with Gasteiger partial charge >= 0.3 is 0 Å². The number of rotatable bonds is 8. The average Bonchev–Trinajstić information content (AvgIpc) is 2.39. The molecular weight excluding hydrogens is 279 g/mol. The van der Waals surface area contributed by atoms with Crippen LogP contribution in [0.1, 0.15) is 46.0 Å². The Bertz CT molecular complexity index is 532. The Kier molecular flexibility index (Phi) is 6.42. The Morgan fingerprint density at radius 3 is 2.55 bits per heavy atom. The van der Waals surface area contributed by atoms with E-state index in [1.807, 2.05) is 6.92 Å². The van der Waals surface area contributed by atoms with E-state index in [2.05, 4.69) is 11.6 Å². The minimum absolute atomic E-state index is 0.132. The molecule has 0 aliphatic carbocycles. The molecule has 0 saturated heterocycles. The fourth-order valence-electron chi connectivity index (χ4n) is 2.10. The van der Waals surface area contributed by atoms with E-state index in [-0.39, 0.29) is 16.6 Å². The Morgan fingerprint density at radius 2 is 1.95 bits per heavy atom. The van der Waals surface area contributed by atoms with Crippen molar-refractivity contribution < 1.29 is 12.8 Å². The van der Waals surface area contributed by atoms with Crippen molar-refractivity contribution in [2.24, 2.45) is 0 Å². The van der Waals surface area contributed by atoms with Gasteiger partial charge in [0.25, 0.3) is 0 Å². The van der Waals surface area contributed by atoms with Gasteiger partial charge in [0, 0.05) is 6.04 Å². The second-order valence-corrected chi connectivity index (χ2v) is 6.58. The molecular formula is C14H23FN2O2S. The maximum Gasteiger partial charge on any atom is 0.242 e. The van der Waals surface area contributed by atoms with Crippen LogP contribution in [-0.2, 0) is 10.0 Å². The van der Waals surface area contributed by atoms with Crippen molar-refractivity contribution in [1.29, 1.82) is 0 Å². The van der Waals surface area contributed by atoms with Gasteiger partial charge in [0.2, 0.25) is 10.0 Å². The van der Waals surface area contributed by atoms with Crippen LogP contribution >= 0.6 is 0 Å². The molecule has 0 saturated carbocycles. The lowest BCUT2D eigenvalue weighted by Gasteiger charge is -2.18. The highest BCUT2D eigenvalue weighted by atomic mass is 32.2. The molecule has 1 atom stereocenters. The maximum atomic E-state index is 13.4. The molecule has 4 nitrogen and oxygen atoms in total. The molecule has 114 valence electrons. The summed E-state index contributed by atoms with van der Waals surface area (Å²) in [6.07, 6.45) is 4.37. The number of nitrogens with one attached hydrogen (secondary N) is 1. The summed E-state index contributed by atoms with van der Waals surface area (Å²) in [5.74, 6) is -0.714. The molecule has 3 N–H and O–H groups in total. The maximum absolute atomic E-state index is 13.4. The summed E-state index contributed by atoms with van der Waals surface area (Å²) in [5, 5.41) is 0. The second kappa shape index (κ2) is 7.59. The highest BCUT2D eigenvalue weighted by Gasteiger charge is 2.22. The first-order valence-corrected chi connectivity index (χ1v) is 8.47. The first kappa shape index (κ1) is 16.9.